The van der Waals surface area contributed by atoms with Crippen LogP contribution >= 0.6 is 0 Å². The standard InChI is InChI=1S/C15H17N/c1-15(16)9-8-12-7-6-11-4-2-3-5-13(11)14(12)10-15/h2-7H,8-10,16H2,1H3. The Bertz CT molecular complexity index is 540. The summed E-state index contributed by atoms with van der Waals surface area (Å²) in [4.78, 5) is 0. The van der Waals surface area contributed by atoms with Crippen LogP contribution in [0.1, 0.15) is 24.5 Å². The first-order valence-corrected chi connectivity index (χ1v) is 5.94. The molecule has 1 aliphatic carbocycles. The molecule has 0 spiro atoms. The van der Waals surface area contributed by atoms with E-state index in [0.717, 1.165) is 19.3 Å². The largest absolute Gasteiger partial charge is 0.325 e. The summed E-state index contributed by atoms with van der Waals surface area (Å²) in [5, 5.41) is 2.72. The molecule has 0 saturated carbocycles. The van der Waals surface area contributed by atoms with E-state index in [1.54, 1.807) is 0 Å². The van der Waals surface area contributed by atoms with E-state index in [1.807, 2.05) is 0 Å². The van der Waals surface area contributed by atoms with Gasteiger partial charge in [-0.25, -0.2) is 0 Å². The number of aryl methyl sites for hydroxylation is 1. The van der Waals surface area contributed by atoms with Gasteiger partial charge in [0.2, 0.25) is 0 Å². The Hall–Kier alpha value is -1.34. The monoisotopic (exact) mass is 211 g/mol. The van der Waals surface area contributed by atoms with Crippen molar-refractivity contribution in [3.8, 4) is 0 Å². The lowest BCUT2D eigenvalue weighted by atomic mass is 9.78. The zero-order valence-electron chi connectivity index (χ0n) is 9.66. The number of rotatable bonds is 0. The van der Waals surface area contributed by atoms with Gasteiger partial charge >= 0.3 is 0 Å². The molecule has 0 fully saturated rings. The minimum absolute atomic E-state index is 0.0306. The SMILES string of the molecule is CC1(N)CCc2ccc3ccccc3c2C1. The van der Waals surface area contributed by atoms with Crippen molar-refractivity contribution < 1.29 is 0 Å². The van der Waals surface area contributed by atoms with Crippen LogP contribution in [0.25, 0.3) is 10.8 Å². The van der Waals surface area contributed by atoms with Gasteiger partial charge in [-0.15, -0.1) is 0 Å². The second-order valence-corrected chi connectivity index (χ2v) is 5.26. The number of benzene rings is 2. The molecule has 0 bridgehead atoms. The summed E-state index contributed by atoms with van der Waals surface area (Å²) in [5.41, 5.74) is 9.21. The number of hydrogen-bond donors (Lipinski definition) is 1. The Balaban J connectivity index is 2.25. The van der Waals surface area contributed by atoms with Gasteiger partial charge < -0.3 is 5.73 Å². The minimum atomic E-state index is -0.0306. The van der Waals surface area contributed by atoms with E-state index in [2.05, 4.69) is 43.3 Å². The number of fused-ring (bicyclic) bond motifs is 3. The average Bonchev–Trinajstić information content (AvgIpc) is 2.28. The van der Waals surface area contributed by atoms with Gasteiger partial charge in [0.1, 0.15) is 0 Å². The Kier molecular flexibility index (Phi) is 2.05. The summed E-state index contributed by atoms with van der Waals surface area (Å²) in [5.74, 6) is 0. The zero-order valence-corrected chi connectivity index (χ0v) is 9.66. The maximum absolute atomic E-state index is 6.28. The molecule has 0 heterocycles. The molecule has 0 aliphatic heterocycles. The van der Waals surface area contributed by atoms with Gasteiger partial charge in [-0.05, 0) is 48.1 Å². The molecular formula is C15H17N. The van der Waals surface area contributed by atoms with E-state index >= 15 is 0 Å². The summed E-state index contributed by atoms with van der Waals surface area (Å²) in [7, 11) is 0. The van der Waals surface area contributed by atoms with Gasteiger partial charge in [0, 0.05) is 5.54 Å². The second-order valence-electron chi connectivity index (χ2n) is 5.26. The van der Waals surface area contributed by atoms with Crippen molar-refractivity contribution >= 4 is 10.8 Å². The first kappa shape index (κ1) is 9.86. The van der Waals surface area contributed by atoms with Crippen molar-refractivity contribution in [2.75, 3.05) is 0 Å². The summed E-state index contributed by atoms with van der Waals surface area (Å²) in [6, 6.07) is 13.1. The first-order valence-electron chi connectivity index (χ1n) is 5.94. The molecule has 3 rings (SSSR count). The summed E-state index contributed by atoms with van der Waals surface area (Å²) < 4.78 is 0. The highest BCUT2D eigenvalue weighted by atomic mass is 14.7. The van der Waals surface area contributed by atoms with Gasteiger partial charge in [0.15, 0.2) is 0 Å². The summed E-state index contributed by atoms with van der Waals surface area (Å²) >= 11 is 0. The summed E-state index contributed by atoms with van der Waals surface area (Å²) in [6.45, 7) is 2.16. The topological polar surface area (TPSA) is 26.0 Å². The Labute approximate surface area is 96.3 Å². The maximum Gasteiger partial charge on any atom is 0.0170 e. The first-order chi connectivity index (χ1) is 7.66. The van der Waals surface area contributed by atoms with Crippen LogP contribution in [0.3, 0.4) is 0 Å². The van der Waals surface area contributed by atoms with Crippen LogP contribution in [-0.2, 0) is 12.8 Å². The second kappa shape index (κ2) is 3.33. The van der Waals surface area contributed by atoms with E-state index in [4.69, 9.17) is 5.73 Å². The molecule has 0 aromatic heterocycles. The Morgan fingerprint density at radius 3 is 2.81 bits per heavy atom. The molecule has 1 heteroatoms. The van der Waals surface area contributed by atoms with Crippen molar-refractivity contribution in [1.29, 1.82) is 0 Å². The molecule has 2 aromatic rings. The Morgan fingerprint density at radius 1 is 1.12 bits per heavy atom. The molecule has 2 aromatic carbocycles. The minimum Gasteiger partial charge on any atom is -0.325 e. The molecule has 1 atom stereocenters. The van der Waals surface area contributed by atoms with Gasteiger partial charge in [-0.2, -0.15) is 0 Å². The average molecular weight is 211 g/mol. The fraction of sp³-hybridized carbons (Fsp3) is 0.333. The fourth-order valence-corrected chi connectivity index (χ4v) is 2.74. The third kappa shape index (κ3) is 1.52. The third-order valence-electron chi connectivity index (χ3n) is 3.68. The molecule has 1 nitrogen and oxygen atoms in total. The lowest BCUT2D eigenvalue weighted by Gasteiger charge is -2.32. The molecule has 1 aliphatic rings. The highest BCUT2D eigenvalue weighted by molar-refractivity contribution is 5.87. The highest BCUT2D eigenvalue weighted by Gasteiger charge is 2.26. The molecule has 2 N–H and O–H groups in total. The van der Waals surface area contributed by atoms with Crippen LogP contribution in [0.5, 0.6) is 0 Å². The van der Waals surface area contributed by atoms with Crippen molar-refractivity contribution in [2.45, 2.75) is 31.7 Å². The molecule has 0 amide bonds. The van der Waals surface area contributed by atoms with Crippen LogP contribution < -0.4 is 5.73 Å². The lowest BCUT2D eigenvalue weighted by molar-refractivity contribution is 0.410. The molecular weight excluding hydrogens is 194 g/mol. The predicted octanol–water partition coefficient (Wildman–Crippen LogP) is 3.05. The van der Waals surface area contributed by atoms with E-state index in [0.29, 0.717) is 0 Å². The smallest absolute Gasteiger partial charge is 0.0170 e. The van der Waals surface area contributed by atoms with E-state index in [1.165, 1.54) is 21.9 Å². The molecule has 0 saturated heterocycles. The number of hydrogen-bond acceptors (Lipinski definition) is 1. The Morgan fingerprint density at radius 2 is 1.94 bits per heavy atom. The molecule has 16 heavy (non-hydrogen) atoms. The van der Waals surface area contributed by atoms with E-state index in [-0.39, 0.29) is 5.54 Å². The lowest BCUT2D eigenvalue weighted by Crippen LogP contribution is -2.41. The zero-order chi connectivity index (χ0) is 11.2. The van der Waals surface area contributed by atoms with Crippen LogP contribution in [0.15, 0.2) is 36.4 Å². The van der Waals surface area contributed by atoms with Crippen LogP contribution in [0.2, 0.25) is 0 Å². The van der Waals surface area contributed by atoms with Crippen molar-refractivity contribution in [3.63, 3.8) is 0 Å². The molecule has 0 radical (unpaired) electrons. The van der Waals surface area contributed by atoms with Crippen LogP contribution in [0, 0.1) is 0 Å². The van der Waals surface area contributed by atoms with Crippen molar-refractivity contribution in [3.05, 3.63) is 47.5 Å². The fourth-order valence-electron chi connectivity index (χ4n) is 2.74. The van der Waals surface area contributed by atoms with Gasteiger partial charge in [-0.1, -0.05) is 36.4 Å². The van der Waals surface area contributed by atoms with Crippen LogP contribution in [0.4, 0.5) is 0 Å². The van der Waals surface area contributed by atoms with Gasteiger partial charge in [-0.3, -0.25) is 0 Å². The van der Waals surface area contributed by atoms with Crippen LogP contribution in [-0.4, -0.2) is 5.54 Å². The summed E-state index contributed by atoms with van der Waals surface area (Å²) in [6.07, 6.45) is 3.22. The van der Waals surface area contributed by atoms with E-state index in [9.17, 15) is 0 Å². The van der Waals surface area contributed by atoms with Crippen molar-refractivity contribution in [2.24, 2.45) is 5.73 Å². The number of nitrogens with two attached hydrogens (primary N) is 1. The molecule has 82 valence electrons. The van der Waals surface area contributed by atoms with Crippen molar-refractivity contribution in [1.82, 2.24) is 0 Å². The molecule has 1 unspecified atom stereocenters. The van der Waals surface area contributed by atoms with E-state index < -0.39 is 0 Å². The van der Waals surface area contributed by atoms with Gasteiger partial charge in [0.05, 0.1) is 0 Å². The highest BCUT2D eigenvalue weighted by Crippen LogP contribution is 2.32. The quantitative estimate of drug-likeness (QED) is 0.712. The third-order valence-corrected chi connectivity index (χ3v) is 3.68. The maximum atomic E-state index is 6.28. The predicted molar refractivity (Wildman–Crippen MR) is 68.6 cm³/mol. The normalized spacial score (nSPS) is 24.4. The van der Waals surface area contributed by atoms with Gasteiger partial charge in [0.25, 0.3) is 0 Å².